The van der Waals surface area contributed by atoms with Gasteiger partial charge in [-0.05, 0) is 25.0 Å². The highest BCUT2D eigenvalue weighted by Gasteiger charge is 2.42. The standard InChI is InChI=1S/C15H17F3N4O/c1-21(13-5-4-11(7-19)8-20-13)10-14(23)22-6-2-3-12(9-22)15(16,17)18/h4-5,8,12H,2-3,6,9-10H2,1H3/t12-/m0/s1. The van der Waals surface area contributed by atoms with Crippen LogP contribution < -0.4 is 4.90 Å². The number of alkyl halides is 3. The highest BCUT2D eigenvalue weighted by molar-refractivity contribution is 5.81. The number of likely N-dealkylation sites (N-methyl/N-ethyl adjacent to an activating group) is 1. The number of pyridine rings is 1. The van der Waals surface area contributed by atoms with Gasteiger partial charge in [0.15, 0.2) is 0 Å². The molecule has 8 heteroatoms. The maximum absolute atomic E-state index is 12.8. The number of hydrogen-bond donors (Lipinski definition) is 0. The summed E-state index contributed by atoms with van der Waals surface area (Å²) in [5, 5.41) is 8.72. The Morgan fingerprint density at radius 1 is 1.52 bits per heavy atom. The molecule has 0 saturated carbocycles. The molecule has 0 spiro atoms. The summed E-state index contributed by atoms with van der Waals surface area (Å²) < 4.78 is 38.4. The molecule has 1 amide bonds. The van der Waals surface area contributed by atoms with Gasteiger partial charge in [0.1, 0.15) is 11.9 Å². The van der Waals surface area contributed by atoms with E-state index < -0.39 is 12.1 Å². The van der Waals surface area contributed by atoms with Crippen molar-refractivity contribution in [2.24, 2.45) is 5.92 Å². The van der Waals surface area contributed by atoms with E-state index in [0.29, 0.717) is 24.3 Å². The van der Waals surface area contributed by atoms with Crippen molar-refractivity contribution in [3.8, 4) is 6.07 Å². The molecule has 0 aliphatic carbocycles. The van der Waals surface area contributed by atoms with Gasteiger partial charge in [0, 0.05) is 26.3 Å². The topological polar surface area (TPSA) is 60.2 Å². The second kappa shape index (κ2) is 6.86. The number of amides is 1. The lowest BCUT2D eigenvalue weighted by atomic mass is 9.97. The van der Waals surface area contributed by atoms with Crippen LogP contribution in [0.1, 0.15) is 18.4 Å². The highest BCUT2D eigenvalue weighted by Crippen LogP contribution is 2.33. The van der Waals surface area contributed by atoms with Crippen molar-refractivity contribution in [2.45, 2.75) is 19.0 Å². The maximum atomic E-state index is 12.8. The van der Waals surface area contributed by atoms with Gasteiger partial charge >= 0.3 is 6.18 Å². The second-order valence-corrected chi connectivity index (χ2v) is 5.59. The minimum Gasteiger partial charge on any atom is -0.350 e. The number of rotatable bonds is 3. The van der Waals surface area contributed by atoms with Crippen LogP contribution in [0.4, 0.5) is 19.0 Å². The summed E-state index contributed by atoms with van der Waals surface area (Å²) in [7, 11) is 1.64. The van der Waals surface area contributed by atoms with E-state index in [2.05, 4.69) is 4.98 Å². The van der Waals surface area contributed by atoms with Crippen LogP contribution in [0.25, 0.3) is 0 Å². The van der Waals surface area contributed by atoms with E-state index in [4.69, 9.17) is 5.26 Å². The van der Waals surface area contributed by atoms with Gasteiger partial charge in [-0.1, -0.05) is 0 Å². The molecule has 1 aliphatic heterocycles. The Bertz CT molecular complexity index is 594. The monoisotopic (exact) mass is 326 g/mol. The summed E-state index contributed by atoms with van der Waals surface area (Å²) in [4.78, 5) is 19.1. The van der Waals surface area contributed by atoms with Crippen molar-refractivity contribution in [3.05, 3.63) is 23.9 Å². The zero-order chi connectivity index (χ0) is 17.0. The third-order valence-corrected chi connectivity index (χ3v) is 3.88. The lowest BCUT2D eigenvalue weighted by Gasteiger charge is -2.34. The molecule has 0 N–H and O–H groups in total. The van der Waals surface area contributed by atoms with Gasteiger partial charge in [-0.25, -0.2) is 4.98 Å². The number of nitriles is 1. The van der Waals surface area contributed by atoms with Crippen LogP contribution in [-0.2, 0) is 4.79 Å². The molecule has 23 heavy (non-hydrogen) atoms. The van der Waals surface area contributed by atoms with E-state index in [9.17, 15) is 18.0 Å². The molecule has 0 aromatic carbocycles. The van der Waals surface area contributed by atoms with Crippen molar-refractivity contribution in [1.82, 2.24) is 9.88 Å². The number of piperidine rings is 1. The second-order valence-electron chi connectivity index (χ2n) is 5.59. The van der Waals surface area contributed by atoms with Crippen LogP contribution >= 0.6 is 0 Å². The van der Waals surface area contributed by atoms with Gasteiger partial charge < -0.3 is 9.80 Å². The molecule has 1 aliphatic rings. The lowest BCUT2D eigenvalue weighted by Crippen LogP contribution is -2.47. The van der Waals surface area contributed by atoms with E-state index in [1.54, 1.807) is 24.1 Å². The van der Waals surface area contributed by atoms with Gasteiger partial charge in [-0.3, -0.25) is 4.79 Å². The molecule has 124 valence electrons. The Balaban J connectivity index is 1.96. The molecule has 1 saturated heterocycles. The van der Waals surface area contributed by atoms with Crippen LogP contribution in [0.15, 0.2) is 18.3 Å². The largest absolute Gasteiger partial charge is 0.393 e. The van der Waals surface area contributed by atoms with E-state index in [1.807, 2.05) is 6.07 Å². The fourth-order valence-corrected chi connectivity index (χ4v) is 2.53. The van der Waals surface area contributed by atoms with Crippen molar-refractivity contribution in [1.29, 1.82) is 5.26 Å². The normalized spacial score (nSPS) is 18.4. The van der Waals surface area contributed by atoms with Gasteiger partial charge in [0.05, 0.1) is 18.0 Å². The van der Waals surface area contributed by atoms with E-state index in [0.717, 1.165) is 0 Å². The molecule has 1 atom stereocenters. The Kier molecular flexibility index (Phi) is 5.08. The van der Waals surface area contributed by atoms with Crippen molar-refractivity contribution >= 4 is 11.7 Å². The van der Waals surface area contributed by atoms with E-state index in [1.165, 1.54) is 11.1 Å². The third kappa shape index (κ3) is 4.34. The number of nitrogens with zero attached hydrogens (tertiary/aromatic N) is 4. The SMILES string of the molecule is CN(CC(=O)N1CCC[C@H](C(F)(F)F)C1)c1ccc(C#N)cn1. The maximum Gasteiger partial charge on any atom is 0.393 e. The van der Waals surface area contributed by atoms with Gasteiger partial charge in [0.25, 0.3) is 0 Å². The van der Waals surface area contributed by atoms with Gasteiger partial charge in [-0.15, -0.1) is 0 Å². The number of carbonyl (C=O) groups excluding carboxylic acids is 1. The van der Waals surface area contributed by atoms with Crippen LogP contribution in [0.5, 0.6) is 0 Å². The first-order valence-electron chi connectivity index (χ1n) is 7.23. The van der Waals surface area contributed by atoms with Crippen molar-refractivity contribution in [3.63, 3.8) is 0 Å². The van der Waals surface area contributed by atoms with Gasteiger partial charge in [0.2, 0.25) is 5.91 Å². The third-order valence-electron chi connectivity index (χ3n) is 3.88. The Morgan fingerprint density at radius 3 is 2.83 bits per heavy atom. The molecule has 5 nitrogen and oxygen atoms in total. The Morgan fingerprint density at radius 2 is 2.26 bits per heavy atom. The molecule has 2 rings (SSSR count). The number of carbonyl (C=O) groups is 1. The molecular weight excluding hydrogens is 309 g/mol. The predicted molar refractivity (Wildman–Crippen MR) is 77.6 cm³/mol. The molecule has 2 heterocycles. The lowest BCUT2D eigenvalue weighted by molar-refractivity contribution is -0.187. The average Bonchev–Trinajstić information content (AvgIpc) is 2.54. The van der Waals surface area contributed by atoms with E-state index >= 15 is 0 Å². The first-order chi connectivity index (χ1) is 10.8. The average molecular weight is 326 g/mol. The first-order valence-corrected chi connectivity index (χ1v) is 7.23. The van der Waals surface area contributed by atoms with Gasteiger partial charge in [-0.2, -0.15) is 18.4 Å². The fourth-order valence-electron chi connectivity index (χ4n) is 2.53. The minimum absolute atomic E-state index is 0.0521. The Labute approximate surface area is 132 Å². The first kappa shape index (κ1) is 17.1. The summed E-state index contributed by atoms with van der Waals surface area (Å²) in [6.07, 6.45) is -2.45. The summed E-state index contributed by atoms with van der Waals surface area (Å²) in [6, 6.07) is 5.11. The number of likely N-dealkylation sites (tertiary alicyclic amines) is 1. The smallest absolute Gasteiger partial charge is 0.350 e. The molecule has 0 radical (unpaired) electrons. The summed E-state index contributed by atoms with van der Waals surface area (Å²) in [5.41, 5.74) is 0.400. The molecule has 1 fully saturated rings. The molecule has 1 aromatic rings. The van der Waals surface area contributed by atoms with Crippen LogP contribution in [0.2, 0.25) is 0 Å². The van der Waals surface area contributed by atoms with E-state index in [-0.39, 0.29) is 25.4 Å². The highest BCUT2D eigenvalue weighted by atomic mass is 19.4. The number of aromatic nitrogens is 1. The number of hydrogen-bond acceptors (Lipinski definition) is 4. The summed E-state index contributed by atoms with van der Waals surface area (Å²) in [5.74, 6) is -1.31. The van der Waals surface area contributed by atoms with Crippen LogP contribution in [0.3, 0.4) is 0 Å². The number of halogens is 3. The minimum atomic E-state index is -4.26. The summed E-state index contributed by atoms with van der Waals surface area (Å²) >= 11 is 0. The molecule has 0 bridgehead atoms. The molecule has 0 unspecified atom stereocenters. The molecule has 1 aromatic heterocycles. The van der Waals surface area contributed by atoms with Crippen molar-refractivity contribution in [2.75, 3.05) is 31.6 Å². The van der Waals surface area contributed by atoms with Crippen LogP contribution in [0, 0.1) is 17.2 Å². The van der Waals surface area contributed by atoms with Crippen LogP contribution in [-0.4, -0.2) is 48.6 Å². The number of anilines is 1. The predicted octanol–water partition coefficient (Wildman–Crippen LogP) is 2.19. The fraction of sp³-hybridized carbons (Fsp3) is 0.533. The molecular formula is C15H17F3N4O. The van der Waals surface area contributed by atoms with Crippen molar-refractivity contribution < 1.29 is 18.0 Å². The summed E-state index contributed by atoms with van der Waals surface area (Å²) in [6.45, 7) is 0.0144. The zero-order valence-corrected chi connectivity index (χ0v) is 12.7. The Hall–Kier alpha value is -2.30. The quantitative estimate of drug-likeness (QED) is 0.854. The zero-order valence-electron chi connectivity index (χ0n) is 12.7.